The maximum atomic E-state index is 12.0. The van der Waals surface area contributed by atoms with Crippen LogP contribution in [0.4, 0.5) is 0 Å². The summed E-state index contributed by atoms with van der Waals surface area (Å²) in [5.74, 6) is 0.901. The summed E-state index contributed by atoms with van der Waals surface area (Å²) in [6.07, 6.45) is 4.74. The molecule has 7 rings (SSSR count). The number of piperidine rings is 1. The van der Waals surface area contributed by atoms with Crippen LogP contribution >= 0.6 is 0 Å². The molecule has 5 heteroatoms. The van der Waals surface area contributed by atoms with Gasteiger partial charge in [-0.05, 0) is 69.7 Å². The van der Waals surface area contributed by atoms with Crippen LogP contribution in [0.3, 0.4) is 0 Å². The zero-order valence-electron chi connectivity index (χ0n) is 19.8. The van der Waals surface area contributed by atoms with Crippen molar-refractivity contribution in [2.45, 2.75) is 88.6 Å². The zero-order chi connectivity index (χ0) is 22.2. The topological polar surface area (TPSA) is 62.2 Å². The molecule has 0 amide bonds. The molecule has 2 aliphatic heterocycles. The van der Waals surface area contributed by atoms with Crippen molar-refractivity contribution in [3.05, 3.63) is 23.3 Å². The van der Waals surface area contributed by atoms with Crippen LogP contribution in [0.1, 0.15) is 64.5 Å². The molecule has 170 valence electrons. The number of methoxy groups -OCH3 is 1. The van der Waals surface area contributed by atoms with Crippen molar-refractivity contribution >= 4 is 0 Å². The lowest BCUT2D eigenvalue weighted by Crippen LogP contribution is -2.83. The first-order valence-electron chi connectivity index (χ1n) is 12.0. The van der Waals surface area contributed by atoms with Crippen LogP contribution in [0, 0.1) is 16.7 Å². The van der Waals surface area contributed by atoms with Crippen molar-refractivity contribution in [2.75, 3.05) is 20.7 Å². The van der Waals surface area contributed by atoms with Gasteiger partial charge >= 0.3 is 0 Å². The third-order valence-electron chi connectivity index (χ3n) is 10.8. The SMILES string of the molecule is COC12CC[C@]3(C[C@@H]1[C@](C)(O)C(C)(C)C)[C@H]1Cc4ccc(O)c5c4[C@@]3(CCN1C)[C@H]2O5. The van der Waals surface area contributed by atoms with E-state index in [0.717, 1.165) is 38.6 Å². The summed E-state index contributed by atoms with van der Waals surface area (Å²) in [6.45, 7) is 9.44. The van der Waals surface area contributed by atoms with Gasteiger partial charge in [-0.2, -0.15) is 0 Å². The smallest absolute Gasteiger partial charge is 0.165 e. The Morgan fingerprint density at radius 3 is 2.58 bits per heavy atom. The fourth-order valence-electron chi connectivity index (χ4n) is 8.86. The number of benzene rings is 1. The van der Waals surface area contributed by atoms with Crippen LogP contribution in [-0.2, 0) is 16.6 Å². The third kappa shape index (κ3) is 1.94. The van der Waals surface area contributed by atoms with Crippen molar-refractivity contribution in [1.82, 2.24) is 4.90 Å². The number of hydrogen-bond donors (Lipinski definition) is 2. The van der Waals surface area contributed by atoms with Gasteiger partial charge in [0.05, 0.1) is 5.60 Å². The number of phenols is 1. The van der Waals surface area contributed by atoms with Gasteiger partial charge in [0, 0.05) is 35.5 Å². The molecule has 3 saturated carbocycles. The van der Waals surface area contributed by atoms with E-state index in [9.17, 15) is 10.2 Å². The molecular weight excluding hydrogens is 390 g/mol. The first-order valence-corrected chi connectivity index (χ1v) is 12.0. The molecule has 1 aromatic rings. The van der Waals surface area contributed by atoms with E-state index in [1.165, 1.54) is 11.1 Å². The highest BCUT2D eigenvalue weighted by molar-refractivity contribution is 5.63. The van der Waals surface area contributed by atoms with E-state index in [4.69, 9.17) is 9.47 Å². The zero-order valence-corrected chi connectivity index (χ0v) is 19.8. The average Bonchev–Trinajstić information content (AvgIpc) is 3.08. The largest absolute Gasteiger partial charge is 0.504 e. The maximum absolute atomic E-state index is 12.0. The van der Waals surface area contributed by atoms with Crippen molar-refractivity contribution in [3.8, 4) is 11.5 Å². The number of likely N-dealkylation sites (tertiary alicyclic amines) is 1. The number of likely N-dealkylation sites (N-methyl/N-ethyl adjacent to an activating group) is 1. The van der Waals surface area contributed by atoms with Gasteiger partial charge in [0.1, 0.15) is 11.7 Å². The number of phenolic OH excluding ortho intramolecular Hbond substituents is 1. The Hall–Kier alpha value is -1.30. The Labute approximate surface area is 185 Å². The molecule has 31 heavy (non-hydrogen) atoms. The van der Waals surface area contributed by atoms with Crippen LogP contribution in [-0.4, -0.2) is 59.2 Å². The van der Waals surface area contributed by atoms with E-state index < -0.39 is 11.2 Å². The van der Waals surface area contributed by atoms with Gasteiger partial charge in [0.15, 0.2) is 11.5 Å². The molecule has 0 radical (unpaired) electrons. The number of hydrogen-bond acceptors (Lipinski definition) is 5. The highest BCUT2D eigenvalue weighted by atomic mass is 16.6. The van der Waals surface area contributed by atoms with Crippen LogP contribution < -0.4 is 4.74 Å². The summed E-state index contributed by atoms with van der Waals surface area (Å²) in [7, 11) is 4.08. The molecule has 2 heterocycles. The first kappa shape index (κ1) is 20.3. The Bertz CT molecular complexity index is 967. The molecule has 4 fully saturated rings. The summed E-state index contributed by atoms with van der Waals surface area (Å²) in [6, 6.07) is 4.34. The Kier molecular flexibility index (Phi) is 3.67. The first-order chi connectivity index (χ1) is 14.5. The normalized spacial score (nSPS) is 44.5. The molecule has 4 bridgehead atoms. The summed E-state index contributed by atoms with van der Waals surface area (Å²) >= 11 is 0. The van der Waals surface area contributed by atoms with Gasteiger partial charge in [-0.3, -0.25) is 0 Å². The van der Waals surface area contributed by atoms with Crippen LogP contribution in [0.25, 0.3) is 0 Å². The minimum Gasteiger partial charge on any atom is -0.504 e. The minimum atomic E-state index is -0.911. The molecule has 0 aromatic heterocycles. The van der Waals surface area contributed by atoms with Gasteiger partial charge in [-0.25, -0.2) is 0 Å². The minimum absolute atomic E-state index is 0.0247. The van der Waals surface area contributed by atoms with Crippen molar-refractivity contribution < 1.29 is 19.7 Å². The molecule has 1 saturated heterocycles. The molecule has 2 N–H and O–H groups in total. The van der Waals surface area contributed by atoms with E-state index in [-0.39, 0.29) is 34.0 Å². The van der Waals surface area contributed by atoms with Crippen LogP contribution in [0.15, 0.2) is 12.1 Å². The van der Waals surface area contributed by atoms with Gasteiger partial charge in [0.2, 0.25) is 0 Å². The second-order valence-corrected chi connectivity index (χ2v) is 12.3. The maximum Gasteiger partial charge on any atom is 0.165 e. The number of nitrogens with zero attached hydrogens (tertiary/aromatic N) is 1. The monoisotopic (exact) mass is 427 g/mol. The number of fused-ring (bicyclic) bond motifs is 2. The predicted octanol–water partition coefficient (Wildman–Crippen LogP) is 3.63. The Balaban J connectivity index is 1.66. The molecule has 6 aliphatic rings. The molecule has 4 aliphatic carbocycles. The number of aromatic hydroxyl groups is 1. The molecule has 5 nitrogen and oxygen atoms in total. The van der Waals surface area contributed by atoms with Crippen molar-refractivity contribution in [1.29, 1.82) is 0 Å². The molecule has 7 atom stereocenters. The summed E-state index contributed by atoms with van der Waals surface area (Å²) in [5, 5.41) is 22.9. The third-order valence-corrected chi connectivity index (χ3v) is 10.8. The van der Waals surface area contributed by atoms with E-state index in [1.807, 2.05) is 14.0 Å². The van der Waals surface area contributed by atoms with Gasteiger partial charge in [-0.1, -0.05) is 26.8 Å². The number of aliphatic hydroxyl groups is 1. The van der Waals surface area contributed by atoms with E-state index in [1.54, 1.807) is 6.07 Å². The summed E-state index contributed by atoms with van der Waals surface area (Å²) in [4.78, 5) is 2.56. The highest BCUT2D eigenvalue weighted by Crippen LogP contribution is 2.77. The van der Waals surface area contributed by atoms with Crippen LogP contribution in [0.2, 0.25) is 0 Å². The van der Waals surface area contributed by atoms with Gasteiger partial charge in [-0.15, -0.1) is 0 Å². The highest BCUT2D eigenvalue weighted by Gasteiger charge is 2.82. The van der Waals surface area contributed by atoms with Gasteiger partial charge in [0.25, 0.3) is 0 Å². The predicted molar refractivity (Wildman–Crippen MR) is 119 cm³/mol. The fourth-order valence-corrected chi connectivity index (χ4v) is 8.86. The van der Waals surface area contributed by atoms with Crippen LogP contribution in [0.5, 0.6) is 11.5 Å². The Morgan fingerprint density at radius 2 is 1.90 bits per heavy atom. The van der Waals surface area contributed by atoms with Crippen molar-refractivity contribution in [3.63, 3.8) is 0 Å². The van der Waals surface area contributed by atoms with E-state index in [0.29, 0.717) is 11.8 Å². The Morgan fingerprint density at radius 1 is 1.16 bits per heavy atom. The van der Waals surface area contributed by atoms with E-state index in [2.05, 4.69) is 38.8 Å². The molecule has 1 unspecified atom stereocenters. The summed E-state index contributed by atoms with van der Waals surface area (Å²) in [5.41, 5.74) is 0.692. The lowest BCUT2D eigenvalue weighted by molar-refractivity contribution is -0.311. The molecule has 1 aromatic carbocycles. The second kappa shape index (κ2) is 5.60. The standard InChI is InChI=1S/C26H37NO4/c1-22(2,3)23(4,29)17-14-24-9-10-26(17,30-6)21-25(24)11-12-27(5)18(24)13-15-7-8-16(28)20(31-21)19(15)25/h7-8,17-18,21,28-29H,9-14H2,1-6H3/t17-,18-,21-,23+,24+,25+,26?/m1/s1. The number of ether oxygens (including phenoxy) is 2. The quantitative estimate of drug-likeness (QED) is 0.755. The summed E-state index contributed by atoms with van der Waals surface area (Å²) < 4.78 is 13.3. The van der Waals surface area contributed by atoms with Crippen molar-refractivity contribution in [2.24, 2.45) is 16.7 Å². The van der Waals surface area contributed by atoms with E-state index >= 15 is 0 Å². The van der Waals surface area contributed by atoms with Gasteiger partial charge < -0.3 is 24.6 Å². The lowest BCUT2D eigenvalue weighted by Gasteiger charge is -2.75. The second-order valence-electron chi connectivity index (χ2n) is 12.3. The number of rotatable bonds is 2. The molecular formula is C26H37NO4. The fraction of sp³-hybridized carbons (Fsp3) is 0.769. The molecule has 2 spiro atoms. The average molecular weight is 428 g/mol. The lowest BCUT2D eigenvalue weighted by atomic mass is 9.33.